The Labute approximate surface area is 78.9 Å². The molecule has 0 aliphatic carbocycles. The van der Waals surface area contributed by atoms with Gasteiger partial charge >= 0.3 is 0 Å². The molecule has 0 fully saturated rings. The summed E-state index contributed by atoms with van der Waals surface area (Å²) in [4.78, 5) is 20.2. The fourth-order valence-corrected chi connectivity index (χ4v) is 1.02. The predicted octanol–water partition coefficient (Wildman–Crippen LogP) is 1.12. The molecule has 1 N–H and O–H groups in total. The normalized spacial score (nSPS) is 9.50. The molecule has 0 bridgehead atoms. The van der Waals surface area contributed by atoms with Crippen molar-refractivity contribution in [3.63, 3.8) is 0 Å². The van der Waals surface area contributed by atoms with Crippen LogP contribution in [-0.2, 0) is 0 Å². The highest BCUT2D eigenvalue weighted by atomic mass is 16.6. The van der Waals surface area contributed by atoms with Gasteiger partial charge < -0.3 is 9.84 Å². The van der Waals surface area contributed by atoms with Gasteiger partial charge in [0, 0.05) is 6.07 Å². The first-order valence-corrected chi connectivity index (χ1v) is 3.61. The van der Waals surface area contributed by atoms with Gasteiger partial charge in [-0.15, -0.1) is 0 Å². The third-order valence-corrected chi connectivity index (χ3v) is 1.69. The van der Waals surface area contributed by atoms with Gasteiger partial charge in [0.2, 0.25) is 0 Å². The zero-order valence-corrected chi connectivity index (χ0v) is 7.26. The number of nitrogens with zero attached hydrogens (tertiary/aromatic N) is 1. The lowest BCUT2D eigenvalue weighted by atomic mass is 10.1. The van der Waals surface area contributed by atoms with E-state index in [0.29, 0.717) is 0 Å². The average Bonchev–Trinajstić information content (AvgIpc) is 2.17. The SMILES string of the molecule is COc1ccc([N+](=O)[O-])c(C=O)c1O. The van der Waals surface area contributed by atoms with Crippen molar-refractivity contribution in [3.05, 3.63) is 27.8 Å². The van der Waals surface area contributed by atoms with Crippen LogP contribution in [0.15, 0.2) is 12.1 Å². The summed E-state index contributed by atoms with van der Waals surface area (Å²) < 4.78 is 4.69. The minimum Gasteiger partial charge on any atom is -0.504 e. The second-order valence-electron chi connectivity index (χ2n) is 2.42. The van der Waals surface area contributed by atoms with Crippen LogP contribution in [0.5, 0.6) is 11.5 Å². The summed E-state index contributed by atoms with van der Waals surface area (Å²) >= 11 is 0. The van der Waals surface area contributed by atoms with Crippen molar-refractivity contribution in [2.75, 3.05) is 7.11 Å². The highest BCUT2D eigenvalue weighted by Crippen LogP contribution is 2.34. The molecule has 1 aromatic carbocycles. The molecule has 0 aromatic heterocycles. The van der Waals surface area contributed by atoms with Gasteiger partial charge in [-0.1, -0.05) is 0 Å². The maximum absolute atomic E-state index is 10.5. The van der Waals surface area contributed by atoms with Crippen molar-refractivity contribution >= 4 is 12.0 Å². The lowest BCUT2D eigenvalue weighted by Gasteiger charge is -2.04. The van der Waals surface area contributed by atoms with E-state index in [2.05, 4.69) is 0 Å². The van der Waals surface area contributed by atoms with Crippen LogP contribution in [0.25, 0.3) is 0 Å². The molecule has 14 heavy (non-hydrogen) atoms. The smallest absolute Gasteiger partial charge is 0.283 e. The average molecular weight is 197 g/mol. The number of aromatic hydroxyl groups is 1. The van der Waals surface area contributed by atoms with Gasteiger partial charge in [0.25, 0.3) is 5.69 Å². The molecule has 1 aromatic rings. The molecule has 0 heterocycles. The van der Waals surface area contributed by atoms with Gasteiger partial charge in [0.15, 0.2) is 17.8 Å². The van der Waals surface area contributed by atoms with Crippen molar-refractivity contribution < 1.29 is 19.6 Å². The third-order valence-electron chi connectivity index (χ3n) is 1.69. The van der Waals surface area contributed by atoms with E-state index in [1.165, 1.54) is 13.2 Å². The summed E-state index contributed by atoms with van der Waals surface area (Å²) in [5.74, 6) is -0.491. The number of carbonyl (C=O) groups excluding carboxylic acids is 1. The molecule has 0 saturated carbocycles. The Balaban J connectivity index is 3.43. The molecule has 0 aliphatic heterocycles. The molecule has 0 spiro atoms. The molecule has 0 unspecified atom stereocenters. The standard InChI is InChI=1S/C8H7NO5/c1-14-7-3-2-6(9(12)13)5(4-10)8(7)11/h2-4,11H,1H3. The Hall–Kier alpha value is -2.11. The first-order chi connectivity index (χ1) is 6.61. The van der Waals surface area contributed by atoms with Gasteiger partial charge in [-0.2, -0.15) is 0 Å². The quantitative estimate of drug-likeness (QED) is 0.445. The second kappa shape index (κ2) is 3.73. The highest BCUT2D eigenvalue weighted by molar-refractivity contribution is 5.87. The van der Waals surface area contributed by atoms with Crippen molar-refractivity contribution in [1.29, 1.82) is 0 Å². The number of nitro benzene ring substituents is 1. The van der Waals surface area contributed by atoms with Crippen LogP contribution in [0.2, 0.25) is 0 Å². The van der Waals surface area contributed by atoms with Crippen molar-refractivity contribution in [2.24, 2.45) is 0 Å². The molecule has 0 aliphatic rings. The number of rotatable bonds is 3. The lowest BCUT2D eigenvalue weighted by molar-refractivity contribution is -0.385. The van der Waals surface area contributed by atoms with E-state index in [9.17, 15) is 20.0 Å². The summed E-state index contributed by atoms with van der Waals surface area (Å²) in [6.45, 7) is 0. The van der Waals surface area contributed by atoms with E-state index < -0.39 is 16.4 Å². The summed E-state index contributed by atoms with van der Waals surface area (Å²) in [5, 5.41) is 19.8. The van der Waals surface area contributed by atoms with Gasteiger partial charge in [-0.25, -0.2) is 0 Å². The Morgan fingerprint density at radius 2 is 2.21 bits per heavy atom. The molecule has 0 amide bonds. The number of hydrogen-bond donors (Lipinski definition) is 1. The summed E-state index contributed by atoms with van der Waals surface area (Å²) in [5.41, 5.74) is -0.826. The zero-order valence-electron chi connectivity index (χ0n) is 7.26. The number of ether oxygens (including phenoxy) is 1. The molecule has 6 heteroatoms. The number of aldehydes is 1. The van der Waals surface area contributed by atoms with E-state index in [1.807, 2.05) is 0 Å². The molecule has 0 saturated heterocycles. The van der Waals surface area contributed by atoms with E-state index in [4.69, 9.17) is 4.74 Å². The number of hydrogen-bond acceptors (Lipinski definition) is 5. The van der Waals surface area contributed by atoms with Crippen LogP contribution in [0, 0.1) is 10.1 Å². The molecule has 6 nitrogen and oxygen atoms in total. The zero-order chi connectivity index (χ0) is 10.7. The molecule has 0 radical (unpaired) electrons. The fraction of sp³-hybridized carbons (Fsp3) is 0.125. The molecule has 74 valence electrons. The molecular weight excluding hydrogens is 190 g/mol. The van der Waals surface area contributed by atoms with Crippen molar-refractivity contribution in [1.82, 2.24) is 0 Å². The van der Waals surface area contributed by atoms with Gasteiger partial charge in [0.05, 0.1) is 12.0 Å². The minimum absolute atomic E-state index is 0.0256. The third kappa shape index (κ3) is 1.49. The monoisotopic (exact) mass is 197 g/mol. The van der Waals surface area contributed by atoms with E-state index in [-0.39, 0.29) is 17.6 Å². The first-order valence-electron chi connectivity index (χ1n) is 3.61. The van der Waals surface area contributed by atoms with E-state index in [0.717, 1.165) is 6.07 Å². The number of carbonyl (C=O) groups is 1. The van der Waals surface area contributed by atoms with Crippen LogP contribution in [-0.4, -0.2) is 23.4 Å². The second-order valence-corrected chi connectivity index (χ2v) is 2.42. The van der Waals surface area contributed by atoms with Crippen LogP contribution in [0.1, 0.15) is 10.4 Å². The van der Waals surface area contributed by atoms with E-state index in [1.54, 1.807) is 0 Å². The summed E-state index contributed by atoms with van der Waals surface area (Å²) in [6.07, 6.45) is 0.218. The summed E-state index contributed by atoms with van der Waals surface area (Å²) in [6, 6.07) is 2.32. The molecule has 0 atom stereocenters. The van der Waals surface area contributed by atoms with Crippen LogP contribution in [0.4, 0.5) is 5.69 Å². The maximum Gasteiger partial charge on any atom is 0.283 e. The Morgan fingerprint density at radius 1 is 1.57 bits per heavy atom. The topological polar surface area (TPSA) is 89.7 Å². The largest absolute Gasteiger partial charge is 0.504 e. The fourth-order valence-electron chi connectivity index (χ4n) is 1.02. The number of benzene rings is 1. The van der Waals surface area contributed by atoms with E-state index >= 15 is 0 Å². The summed E-state index contributed by atoms with van der Waals surface area (Å²) in [7, 11) is 1.29. The van der Waals surface area contributed by atoms with Crippen LogP contribution < -0.4 is 4.74 Å². The molecule has 1 rings (SSSR count). The number of nitro groups is 1. The Bertz CT molecular complexity index is 388. The predicted molar refractivity (Wildman–Crippen MR) is 46.7 cm³/mol. The highest BCUT2D eigenvalue weighted by Gasteiger charge is 2.20. The minimum atomic E-state index is -0.747. The van der Waals surface area contributed by atoms with Crippen LogP contribution >= 0.6 is 0 Å². The Morgan fingerprint density at radius 3 is 2.64 bits per heavy atom. The first kappa shape index (κ1) is 9.97. The number of methoxy groups -OCH3 is 1. The van der Waals surface area contributed by atoms with Gasteiger partial charge in [-0.3, -0.25) is 14.9 Å². The molecular formula is C8H7NO5. The van der Waals surface area contributed by atoms with Crippen molar-refractivity contribution in [2.45, 2.75) is 0 Å². The maximum atomic E-state index is 10.5. The van der Waals surface area contributed by atoms with Gasteiger partial charge in [0.1, 0.15) is 5.56 Å². The Kier molecular flexibility index (Phi) is 2.66. The van der Waals surface area contributed by atoms with Crippen molar-refractivity contribution in [3.8, 4) is 11.5 Å². The number of phenols is 1. The van der Waals surface area contributed by atoms with Crippen LogP contribution in [0.3, 0.4) is 0 Å². The lowest BCUT2D eigenvalue weighted by Crippen LogP contribution is -1.96. The number of phenolic OH excluding ortho intramolecular Hbond substituents is 1. The van der Waals surface area contributed by atoms with Gasteiger partial charge in [-0.05, 0) is 6.07 Å².